The standard InChI is InChI=1S/C24H21N3O2S/c1-15-11-16(2)13-19(12-15)27-23(29)20(22(28)25-24(27)30)14-18-8-6-10-26(18)21-9-5-4-7-17(21)3/h4-14H,1-3H3,(H,25,28,30)/b20-14+. The molecule has 3 aromatic rings. The lowest BCUT2D eigenvalue weighted by Crippen LogP contribution is -2.54. The van der Waals surface area contributed by atoms with E-state index in [0.29, 0.717) is 5.69 Å². The van der Waals surface area contributed by atoms with Crippen LogP contribution < -0.4 is 10.2 Å². The summed E-state index contributed by atoms with van der Waals surface area (Å²) in [6.45, 7) is 5.93. The third-order valence-electron chi connectivity index (χ3n) is 5.01. The third-order valence-corrected chi connectivity index (χ3v) is 5.30. The van der Waals surface area contributed by atoms with Gasteiger partial charge in [-0.2, -0.15) is 0 Å². The van der Waals surface area contributed by atoms with E-state index in [1.807, 2.05) is 86.1 Å². The van der Waals surface area contributed by atoms with Crippen molar-refractivity contribution in [3.8, 4) is 5.69 Å². The Kier molecular flexibility index (Phi) is 5.10. The van der Waals surface area contributed by atoms with Crippen molar-refractivity contribution in [2.45, 2.75) is 20.8 Å². The van der Waals surface area contributed by atoms with E-state index in [9.17, 15) is 9.59 Å². The summed E-state index contributed by atoms with van der Waals surface area (Å²) >= 11 is 5.31. The molecule has 30 heavy (non-hydrogen) atoms. The molecule has 0 radical (unpaired) electrons. The Morgan fingerprint density at radius 1 is 0.933 bits per heavy atom. The molecule has 2 heterocycles. The summed E-state index contributed by atoms with van der Waals surface area (Å²) in [6, 6.07) is 17.5. The SMILES string of the molecule is Cc1cc(C)cc(N2C(=O)/C(=C/c3cccn3-c3ccccc3C)C(=O)NC2=S)c1. The van der Waals surface area contributed by atoms with E-state index in [-0.39, 0.29) is 10.7 Å². The molecule has 1 saturated heterocycles. The van der Waals surface area contributed by atoms with Crippen LogP contribution in [0.5, 0.6) is 0 Å². The fraction of sp³-hybridized carbons (Fsp3) is 0.125. The smallest absolute Gasteiger partial charge is 0.270 e. The molecule has 5 nitrogen and oxygen atoms in total. The number of benzene rings is 2. The van der Waals surface area contributed by atoms with Crippen LogP contribution in [-0.4, -0.2) is 21.5 Å². The van der Waals surface area contributed by atoms with Crippen molar-refractivity contribution in [3.05, 3.63) is 88.8 Å². The van der Waals surface area contributed by atoms with Crippen LogP contribution in [-0.2, 0) is 9.59 Å². The fourth-order valence-electron chi connectivity index (χ4n) is 3.68. The molecule has 1 aliphatic heterocycles. The predicted molar refractivity (Wildman–Crippen MR) is 123 cm³/mol. The molecule has 6 heteroatoms. The molecule has 0 bridgehead atoms. The number of thiocarbonyl (C=S) groups is 1. The minimum Gasteiger partial charge on any atom is -0.317 e. The number of rotatable bonds is 3. The Morgan fingerprint density at radius 3 is 2.33 bits per heavy atom. The average molecular weight is 416 g/mol. The number of para-hydroxylation sites is 1. The van der Waals surface area contributed by atoms with Gasteiger partial charge in [0.05, 0.1) is 5.69 Å². The molecule has 2 amide bonds. The molecule has 150 valence electrons. The van der Waals surface area contributed by atoms with E-state index < -0.39 is 11.8 Å². The highest BCUT2D eigenvalue weighted by Crippen LogP contribution is 2.25. The van der Waals surface area contributed by atoms with Gasteiger partial charge in [-0.25, -0.2) is 0 Å². The highest BCUT2D eigenvalue weighted by Gasteiger charge is 2.34. The van der Waals surface area contributed by atoms with Crippen molar-refractivity contribution in [2.75, 3.05) is 4.90 Å². The number of nitrogens with zero attached hydrogens (tertiary/aromatic N) is 2. The Hall–Kier alpha value is -3.51. The fourth-order valence-corrected chi connectivity index (χ4v) is 3.97. The maximum atomic E-state index is 13.3. The van der Waals surface area contributed by atoms with E-state index in [0.717, 1.165) is 28.1 Å². The van der Waals surface area contributed by atoms with Gasteiger partial charge in [0.2, 0.25) is 0 Å². The predicted octanol–water partition coefficient (Wildman–Crippen LogP) is 4.23. The van der Waals surface area contributed by atoms with Crippen LogP contribution >= 0.6 is 12.2 Å². The Bertz CT molecular complexity index is 1200. The number of carbonyl (C=O) groups excluding carboxylic acids is 2. The summed E-state index contributed by atoms with van der Waals surface area (Å²) in [6.07, 6.45) is 3.52. The molecule has 2 aromatic carbocycles. The van der Waals surface area contributed by atoms with Gasteiger partial charge in [0.1, 0.15) is 5.57 Å². The zero-order valence-electron chi connectivity index (χ0n) is 17.0. The monoisotopic (exact) mass is 415 g/mol. The minimum atomic E-state index is -0.497. The first-order valence-corrected chi connectivity index (χ1v) is 9.99. The molecule has 0 unspecified atom stereocenters. The van der Waals surface area contributed by atoms with Gasteiger partial charge < -0.3 is 4.57 Å². The summed E-state index contributed by atoms with van der Waals surface area (Å²) in [4.78, 5) is 27.3. The zero-order chi connectivity index (χ0) is 21.4. The van der Waals surface area contributed by atoms with Gasteiger partial charge in [0, 0.05) is 17.6 Å². The number of nitrogens with one attached hydrogen (secondary N) is 1. The maximum Gasteiger partial charge on any atom is 0.270 e. The van der Waals surface area contributed by atoms with Crippen LogP contribution in [0.4, 0.5) is 5.69 Å². The summed E-state index contributed by atoms with van der Waals surface area (Å²) in [5.74, 6) is -0.936. The number of aryl methyl sites for hydroxylation is 3. The second-order valence-corrected chi connectivity index (χ2v) is 7.78. The molecule has 0 atom stereocenters. The van der Waals surface area contributed by atoms with Crippen molar-refractivity contribution < 1.29 is 9.59 Å². The number of aromatic nitrogens is 1. The third kappa shape index (κ3) is 3.57. The van der Waals surface area contributed by atoms with Gasteiger partial charge in [0.15, 0.2) is 5.11 Å². The second kappa shape index (κ2) is 7.72. The Labute approximate surface area is 180 Å². The van der Waals surface area contributed by atoms with Gasteiger partial charge in [-0.15, -0.1) is 0 Å². The molecule has 4 rings (SSSR count). The van der Waals surface area contributed by atoms with E-state index in [1.54, 1.807) is 6.08 Å². The molecule has 0 aliphatic carbocycles. The molecular weight excluding hydrogens is 394 g/mol. The largest absolute Gasteiger partial charge is 0.317 e. The normalized spacial score (nSPS) is 15.6. The highest BCUT2D eigenvalue weighted by atomic mass is 32.1. The first-order valence-electron chi connectivity index (χ1n) is 9.58. The van der Waals surface area contributed by atoms with Gasteiger partial charge in [0.25, 0.3) is 11.8 Å². The molecular formula is C24H21N3O2S. The molecule has 1 aliphatic rings. The van der Waals surface area contributed by atoms with E-state index in [2.05, 4.69) is 5.32 Å². The van der Waals surface area contributed by atoms with Crippen LogP contribution in [0.2, 0.25) is 0 Å². The number of amides is 2. The summed E-state index contributed by atoms with van der Waals surface area (Å²) in [5, 5.41) is 2.74. The van der Waals surface area contributed by atoms with Crippen molar-refractivity contribution >= 4 is 40.9 Å². The number of anilines is 1. The summed E-state index contributed by atoms with van der Waals surface area (Å²) in [5.41, 5.74) is 5.51. The van der Waals surface area contributed by atoms with E-state index in [4.69, 9.17) is 12.2 Å². The van der Waals surface area contributed by atoms with Gasteiger partial charge >= 0.3 is 0 Å². The zero-order valence-corrected chi connectivity index (χ0v) is 17.8. The topological polar surface area (TPSA) is 54.3 Å². The number of hydrogen-bond donors (Lipinski definition) is 1. The van der Waals surface area contributed by atoms with Crippen LogP contribution in [0.25, 0.3) is 11.8 Å². The lowest BCUT2D eigenvalue weighted by molar-refractivity contribution is -0.122. The number of carbonyl (C=O) groups is 2. The van der Waals surface area contributed by atoms with Gasteiger partial charge in [-0.1, -0.05) is 24.3 Å². The first kappa shape index (κ1) is 19.8. The average Bonchev–Trinajstić information content (AvgIpc) is 3.12. The first-order chi connectivity index (χ1) is 14.3. The second-order valence-electron chi connectivity index (χ2n) is 7.39. The summed E-state index contributed by atoms with van der Waals surface area (Å²) in [7, 11) is 0. The van der Waals surface area contributed by atoms with Gasteiger partial charge in [-0.3, -0.25) is 19.8 Å². The highest BCUT2D eigenvalue weighted by molar-refractivity contribution is 7.80. The molecule has 0 spiro atoms. The summed E-state index contributed by atoms with van der Waals surface area (Å²) < 4.78 is 1.96. The van der Waals surface area contributed by atoms with Crippen molar-refractivity contribution in [3.63, 3.8) is 0 Å². The van der Waals surface area contributed by atoms with Crippen molar-refractivity contribution in [1.29, 1.82) is 0 Å². The maximum absolute atomic E-state index is 13.3. The quantitative estimate of drug-likeness (QED) is 0.396. The van der Waals surface area contributed by atoms with Crippen LogP contribution in [0.1, 0.15) is 22.4 Å². The Balaban J connectivity index is 1.78. The molecule has 1 aromatic heterocycles. The lowest BCUT2D eigenvalue weighted by Gasteiger charge is -2.29. The van der Waals surface area contributed by atoms with Crippen LogP contribution in [0.15, 0.2) is 66.4 Å². The van der Waals surface area contributed by atoms with Crippen LogP contribution in [0.3, 0.4) is 0 Å². The van der Waals surface area contributed by atoms with Crippen LogP contribution in [0, 0.1) is 20.8 Å². The number of hydrogen-bond acceptors (Lipinski definition) is 3. The lowest BCUT2D eigenvalue weighted by atomic mass is 10.1. The van der Waals surface area contributed by atoms with Gasteiger partial charge in [-0.05, 0) is 86.1 Å². The van der Waals surface area contributed by atoms with Crippen molar-refractivity contribution in [1.82, 2.24) is 9.88 Å². The molecule has 0 saturated carbocycles. The Morgan fingerprint density at radius 2 is 1.63 bits per heavy atom. The van der Waals surface area contributed by atoms with E-state index >= 15 is 0 Å². The molecule has 1 N–H and O–H groups in total. The van der Waals surface area contributed by atoms with E-state index in [1.165, 1.54) is 4.90 Å². The van der Waals surface area contributed by atoms with Crippen molar-refractivity contribution in [2.24, 2.45) is 0 Å². The molecule has 1 fully saturated rings. The minimum absolute atomic E-state index is 0.0382.